The number of hydrogen-bond donors (Lipinski definition) is 0. The van der Waals surface area contributed by atoms with Gasteiger partial charge < -0.3 is 9.64 Å². The summed E-state index contributed by atoms with van der Waals surface area (Å²) < 4.78 is 44.6. The number of nitrogens with zero attached hydrogens (tertiary/aromatic N) is 3. The van der Waals surface area contributed by atoms with Gasteiger partial charge in [-0.2, -0.15) is 13.2 Å². The summed E-state index contributed by atoms with van der Waals surface area (Å²) in [5.41, 5.74) is -0.123. The standard InChI is InChI=1S/C22H32F3N3O2/c1-17(29)16-27-9-6-18(7-10-27)5-8-26-11-13-28(14-12-26)20-15-19(22(23,24)25)3-4-21(20)30-2/h3-4,15,18H,5-14,16H2,1-2H3. The number of benzene rings is 1. The van der Waals surface area contributed by atoms with Crippen molar-refractivity contribution in [1.82, 2.24) is 9.80 Å². The number of ketones is 1. The Morgan fingerprint density at radius 1 is 1.07 bits per heavy atom. The van der Waals surface area contributed by atoms with Gasteiger partial charge in [-0.3, -0.25) is 14.6 Å². The van der Waals surface area contributed by atoms with Crippen molar-refractivity contribution in [2.45, 2.75) is 32.4 Å². The average molecular weight is 428 g/mol. The molecule has 0 aromatic heterocycles. The van der Waals surface area contributed by atoms with Crippen molar-refractivity contribution in [2.75, 3.05) is 64.4 Å². The minimum absolute atomic E-state index is 0.226. The topological polar surface area (TPSA) is 36.0 Å². The van der Waals surface area contributed by atoms with E-state index in [1.54, 1.807) is 6.92 Å². The van der Waals surface area contributed by atoms with Gasteiger partial charge in [-0.25, -0.2) is 0 Å². The molecule has 168 valence electrons. The zero-order valence-electron chi connectivity index (χ0n) is 17.9. The first-order valence-electron chi connectivity index (χ1n) is 10.7. The summed E-state index contributed by atoms with van der Waals surface area (Å²) in [7, 11) is 1.49. The van der Waals surface area contributed by atoms with Crippen molar-refractivity contribution in [2.24, 2.45) is 5.92 Å². The van der Waals surface area contributed by atoms with Gasteiger partial charge in [-0.1, -0.05) is 0 Å². The molecule has 0 spiro atoms. The number of piperidine rings is 1. The number of halogens is 3. The minimum Gasteiger partial charge on any atom is -0.495 e. The highest BCUT2D eigenvalue weighted by atomic mass is 19.4. The Bertz CT molecular complexity index is 710. The van der Waals surface area contributed by atoms with Crippen LogP contribution in [0.25, 0.3) is 0 Å². The molecule has 0 aliphatic carbocycles. The van der Waals surface area contributed by atoms with Gasteiger partial charge in [-0.05, 0) is 69.9 Å². The Hall–Kier alpha value is -1.80. The molecule has 0 bridgehead atoms. The van der Waals surface area contributed by atoms with Gasteiger partial charge in [0.1, 0.15) is 11.5 Å². The van der Waals surface area contributed by atoms with Crippen molar-refractivity contribution >= 4 is 11.5 Å². The largest absolute Gasteiger partial charge is 0.495 e. The third-order valence-corrected chi connectivity index (χ3v) is 6.23. The molecule has 2 fully saturated rings. The quantitative estimate of drug-likeness (QED) is 0.666. The Morgan fingerprint density at radius 3 is 2.30 bits per heavy atom. The van der Waals surface area contributed by atoms with Gasteiger partial charge >= 0.3 is 6.18 Å². The molecule has 0 amide bonds. The molecule has 3 rings (SSSR count). The molecular formula is C22H32F3N3O2. The van der Waals surface area contributed by atoms with E-state index in [-0.39, 0.29) is 5.78 Å². The first-order valence-corrected chi connectivity index (χ1v) is 10.7. The fourth-order valence-electron chi connectivity index (χ4n) is 4.44. The molecule has 0 radical (unpaired) electrons. The number of anilines is 1. The fourth-order valence-corrected chi connectivity index (χ4v) is 4.44. The van der Waals surface area contributed by atoms with Gasteiger partial charge in [0.2, 0.25) is 0 Å². The molecule has 1 aromatic carbocycles. The van der Waals surface area contributed by atoms with Crippen LogP contribution in [0.4, 0.5) is 18.9 Å². The molecule has 2 heterocycles. The lowest BCUT2D eigenvalue weighted by atomic mass is 9.93. The average Bonchev–Trinajstić information content (AvgIpc) is 2.72. The molecule has 5 nitrogen and oxygen atoms in total. The molecule has 0 unspecified atom stereocenters. The van der Waals surface area contributed by atoms with Gasteiger partial charge in [0.05, 0.1) is 24.9 Å². The number of Topliss-reactive ketones (excluding diaryl/α,β-unsaturated/α-hetero) is 1. The van der Waals surface area contributed by atoms with Crippen LogP contribution >= 0.6 is 0 Å². The summed E-state index contributed by atoms with van der Waals surface area (Å²) in [4.78, 5) is 17.9. The van der Waals surface area contributed by atoms with Crippen molar-refractivity contribution in [1.29, 1.82) is 0 Å². The third kappa shape index (κ3) is 6.11. The lowest BCUT2D eigenvalue weighted by Crippen LogP contribution is -2.47. The van der Waals surface area contributed by atoms with E-state index in [1.807, 2.05) is 4.90 Å². The number of hydrogen-bond acceptors (Lipinski definition) is 5. The van der Waals surface area contributed by atoms with E-state index in [9.17, 15) is 18.0 Å². The Labute approximate surface area is 176 Å². The zero-order chi connectivity index (χ0) is 21.7. The van der Waals surface area contributed by atoms with Crippen LogP contribution < -0.4 is 9.64 Å². The van der Waals surface area contributed by atoms with Gasteiger partial charge in [-0.15, -0.1) is 0 Å². The van der Waals surface area contributed by atoms with Gasteiger partial charge in [0, 0.05) is 26.2 Å². The van der Waals surface area contributed by atoms with Crippen LogP contribution in [0.15, 0.2) is 18.2 Å². The maximum Gasteiger partial charge on any atom is 0.416 e. The summed E-state index contributed by atoms with van der Waals surface area (Å²) in [6.07, 6.45) is -0.951. The molecule has 0 atom stereocenters. The second-order valence-electron chi connectivity index (χ2n) is 8.42. The van der Waals surface area contributed by atoms with E-state index in [1.165, 1.54) is 19.2 Å². The Balaban J connectivity index is 1.47. The van der Waals surface area contributed by atoms with Crippen molar-refractivity contribution < 1.29 is 22.7 Å². The van der Waals surface area contributed by atoms with Crippen LogP contribution in [-0.4, -0.2) is 75.1 Å². The number of piperazine rings is 1. The number of likely N-dealkylation sites (tertiary alicyclic amines) is 1. The lowest BCUT2D eigenvalue weighted by Gasteiger charge is -2.38. The first kappa shape index (κ1) is 22.9. The van der Waals surface area contributed by atoms with Crippen molar-refractivity contribution in [3.63, 3.8) is 0 Å². The monoisotopic (exact) mass is 427 g/mol. The number of carbonyl (C=O) groups is 1. The third-order valence-electron chi connectivity index (χ3n) is 6.23. The molecular weight excluding hydrogens is 395 g/mol. The maximum atomic E-state index is 13.1. The van der Waals surface area contributed by atoms with Crippen molar-refractivity contribution in [3.05, 3.63) is 23.8 Å². The summed E-state index contributed by atoms with van der Waals surface area (Å²) in [5, 5.41) is 0. The minimum atomic E-state index is -4.36. The van der Waals surface area contributed by atoms with Crippen LogP contribution in [0.3, 0.4) is 0 Å². The van der Waals surface area contributed by atoms with Crippen molar-refractivity contribution in [3.8, 4) is 5.75 Å². The van der Waals surface area contributed by atoms with Gasteiger partial charge in [0.15, 0.2) is 0 Å². The maximum absolute atomic E-state index is 13.1. The van der Waals surface area contributed by atoms with Crippen LogP contribution in [0.2, 0.25) is 0 Å². The van der Waals surface area contributed by atoms with Gasteiger partial charge in [0.25, 0.3) is 0 Å². The van der Waals surface area contributed by atoms with E-state index in [2.05, 4.69) is 9.80 Å². The fraction of sp³-hybridized carbons (Fsp3) is 0.682. The summed E-state index contributed by atoms with van der Waals surface area (Å²) >= 11 is 0. The summed E-state index contributed by atoms with van der Waals surface area (Å²) in [5.74, 6) is 1.40. The summed E-state index contributed by atoms with van der Waals surface area (Å²) in [6.45, 7) is 8.26. The summed E-state index contributed by atoms with van der Waals surface area (Å²) in [6, 6.07) is 3.67. The predicted octanol–water partition coefficient (Wildman–Crippen LogP) is 3.53. The second kappa shape index (κ2) is 10.0. The lowest BCUT2D eigenvalue weighted by molar-refractivity contribution is -0.137. The molecule has 30 heavy (non-hydrogen) atoms. The molecule has 0 saturated carbocycles. The molecule has 2 aliphatic rings. The Morgan fingerprint density at radius 2 is 1.73 bits per heavy atom. The first-order chi connectivity index (χ1) is 14.3. The SMILES string of the molecule is COc1ccc(C(F)(F)F)cc1N1CCN(CCC2CCN(CC(C)=O)CC2)CC1. The highest BCUT2D eigenvalue weighted by Gasteiger charge is 2.32. The van der Waals surface area contributed by atoms with Crippen LogP contribution in [-0.2, 0) is 11.0 Å². The number of methoxy groups -OCH3 is 1. The van der Waals surface area contributed by atoms with E-state index < -0.39 is 11.7 Å². The number of rotatable bonds is 7. The molecule has 0 N–H and O–H groups in total. The number of carbonyl (C=O) groups excluding carboxylic acids is 1. The predicted molar refractivity (Wildman–Crippen MR) is 111 cm³/mol. The van der Waals surface area contributed by atoms with Crippen LogP contribution in [0, 0.1) is 5.92 Å². The van der Waals surface area contributed by atoms with Crippen LogP contribution in [0.5, 0.6) is 5.75 Å². The normalized spacial score (nSPS) is 19.8. The smallest absolute Gasteiger partial charge is 0.416 e. The molecule has 2 aliphatic heterocycles. The van der Waals surface area contributed by atoms with E-state index in [0.717, 1.165) is 58.1 Å². The highest BCUT2D eigenvalue weighted by molar-refractivity contribution is 5.77. The number of ether oxygens (including phenoxy) is 1. The Kier molecular flexibility index (Phi) is 7.63. The van der Waals surface area contributed by atoms with E-state index in [0.29, 0.717) is 37.0 Å². The van der Waals surface area contributed by atoms with E-state index >= 15 is 0 Å². The van der Waals surface area contributed by atoms with Crippen LogP contribution in [0.1, 0.15) is 31.7 Å². The second-order valence-corrected chi connectivity index (χ2v) is 8.42. The molecule has 1 aromatic rings. The highest BCUT2D eigenvalue weighted by Crippen LogP contribution is 2.37. The molecule has 2 saturated heterocycles. The zero-order valence-corrected chi connectivity index (χ0v) is 17.9. The number of alkyl halides is 3. The molecule has 8 heteroatoms. The van der Waals surface area contributed by atoms with E-state index in [4.69, 9.17) is 4.74 Å².